The van der Waals surface area contributed by atoms with Gasteiger partial charge in [0.25, 0.3) is 0 Å². The predicted octanol–water partition coefficient (Wildman–Crippen LogP) is 2.52. The number of rotatable bonds is 5. The van der Waals surface area contributed by atoms with E-state index in [1.807, 2.05) is 0 Å². The molecular weight excluding hydrogens is 387 g/mol. The molecule has 1 amide bonds. The summed E-state index contributed by atoms with van der Waals surface area (Å²) in [5, 5.41) is 0. The minimum atomic E-state index is -3.78. The van der Waals surface area contributed by atoms with Gasteiger partial charge in [-0.2, -0.15) is 0 Å². The van der Waals surface area contributed by atoms with E-state index in [0.717, 1.165) is 38.1 Å². The van der Waals surface area contributed by atoms with Crippen molar-refractivity contribution >= 4 is 31.9 Å². The van der Waals surface area contributed by atoms with Crippen molar-refractivity contribution in [2.45, 2.75) is 31.1 Å². The highest BCUT2D eigenvalue weighted by atomic mass is 79.9. The van der Waals surface area contributed by atoms with Crippen LogP contribution in [0.4, 0.5) is 4.39 Å². The summed E-state index contributed by atoms with van der Waals surface area (Å²) in [6, 6.07) is 3.37. The molecule has 2 rings (SSSR count). The molecular formula is C15H20BrFN2O3S. The molecule has 5 nitrogen and oxygen atoms in total. The summed E-state index contributed by atoms with van der Waals surface area (Å²) in [5.74, 6) is -0.0813. The number of halogens is 2. The average molecular weight is 407 g/mol. The Morgan fingerprint density at radius 1 is 1.48 bits per heavy atom. The summed E-state index contributed by atoms with van der Waals surface area (Å²) in [7, 11) is -3.78. The summed E-state index contributed by atoms with van der Waals surface area (Å²) in [6.45, 7) is 3.60. The third-order valence-electron chi connectivity index (χ3n) is 3.82. The quantitative estimate of drug-likeness (QED) is 0.816. The molecule has 0 spiro atoms. The lowest BCUT2D eigenvalue weighted by Gasteiger charge is -2.31. The average Bonchev–Trinajstić information content (AvgIpc) is 2.46. The van der Waals surface area contributed by atoms with Crippen molar-refractivity contribution in [3.63, 3.8) is 0 Å². The second-order valence-corrected chi connectivity index (χ2v) is 8.40. The maximum atomic E-state index is 13.0. The second-order valence-electron chi connectivity index (χ2n) is 5.81. The number of carbonyl (C=O) groups is 1. The number of nitrogens with zero attached hydrogens (tertiary/aromatic N) is 1. The molecule has 1 fully saturated rings. The summed E-state index contributed by atoms with van der Waals surface area (Å²) < 4.78 is 39.9. The van der Waals surface area contributed by atoms with Crippen LogP contribution in [0, 0.1) is 11.7 Å². The third-order valence-corrected chi connectivity index (χ3v) is 6.26. The van der Waals surface area contributed by atoms with Crippen LogP contribution in [0.5, 0.6) is 0 Å². The van der Waals surface area contributed by atoms with E-state index in [4.69, 9.17) is 0 Å². The fourth-order valence-corrected chi connectivity index (χ4v) is 4.72. The molecule has 1 aromatic carbocycles. The van der Waals surface area contributed by atoms with Crippen LogP contribution < -0.4 is 4.72 Å². The van der Waals surface area contributed by atoms with Crippen molar-refractivity contribution in [1.29, 1.82) is 0 Å². The molecule has 1 unspecified atom stereocenters. The molecule has 0 aliphatic carbocycles. The van der Waals surface area contributed by atoms with Gasteiger partial charge in [0.05, 0.1) is 4.90 Å². The third kappa shape index (κ3) is 4.99. The van der Waals surface area contributed by atoms with Crippen LogP contribution in [0.3, 0.4) is 0 Å². The van der Waals surface area contributed by atoms with Gasteiger partial charge >= 0.3 is 0 Å². The monoisotopic (exact) mass is 406 g/mol. The molecule has 1 atom stereocenters. The molecule has 8 heteroatoms. The highest BCUT2D eigenvalue weighted by Crippen LogP contribution is 2.22. The van der Waals surface area contributed by atoms with Crippen molar-refractivity contribution < 1.29 is 17.6 Å². The van der Waals surface area contributed by atoms with Gasteiger partial charge in [-0.05, 0) is 52.9 Å². The van der Waals surface area contributed by atoms with Gasteiger partial charge in [0.2, 0.25) is 15.9 Å². The molecule has 0 bridgehead atoms. The standard InChI is InChI=1S/C15H20BrFN2O3S/c1-11-3-2-8-19(10-11)15(20)6-7-18-23(21,22)14-5-4-12(17)9-13(14)16/h4-5,9,11,18H,2-3,6-8,10H2,1H3. The van der Waals surface area contributed by atoms with Gasteiger partial charge in [0, 0.05) is 30.5 Å². The van der Waals surface area contributed by atoms with Crippen LogP contribution in [0.2, 0.25) is 0 Å². The van der Waals surface area contributed by atoms with E-state index in [0.29, 0.717) is 5.92 Å². The first-order chi connectivity index (χ1) is 10.8. The van der Waals surface area contributed by atoms with Crippen LogP contribution in [-0.4, -0.2) is 38.9 Å². The van der Waals surface area contributed by atoms with Crippen molar-refractivity contribution in [2.75, 3.05) is 19.6 Å². The zero-order valence-corrected chi connectivity index (χ0v) is 15.3. The van der Waals surface area contributed by atoms with E-state index in [1.165, 1.54) is 6.07 Å². The number of likely N-dealkylation sites (tertiary alicyclic amines) is 1. The lowest BCUT2D eigenvalue weighted by atomic mass is 10.0. The van der Waals surface area contributed by atoms with E-state index in [1.54, 1.807) is 4.90 Å². The number of amides is 1. The maximum Gasteiger partial charge on any atom is 0.241 e. The SMILES string of the molecule is CC1CCCN(C(=O)CCNS(=O)(=O)c2ccc(F)cc2Br)C1. The number of nitrogens with one attached hydrogen (secondary N) is 1. The molecule has 1 aliphatic rings. The van der Waals surface area contributed by atoms with Gasteiger partial charge in [0.1, 0.15) is 5.82 Å². The Labute approximate surface area is 144 Å². The number of hydrogen-bond donors (Lipinski definition) is 1. The Balaban J connectivity index is 1.91. The molecule has 0 radical (unpaired) electrons. The Hall–Kier alpha value is -0.990. The number of sulfonamides is 1. The van der Waals surface area contributed by atoms with Crippen LogP contribution in [0.1, 0.15) is 26.2 Å². The first kappa shape index (κ1) is 18.4. The lowest BCUT2D eigenvalue weighted by molar-refractivity contribution is -0.132. The molecule has 128 valence electrons. The van der Waals surface area contributed by atoms with E-state index < -0.39 is 15.8 Å². The maximum absolute atomic E-state index is 13.0. The lowest BCUT2D eigenvalue weighted by Crippen LogP contribution is -2.40. The first-order valence-corrected chi connectivity index (χ1v) is 9.79. The molecule has 1 aromatic rings. The smallest absolute Gasteiger partial charge is 0.241 e. The molecule has 0 saturated carbocycles. The van der Waals surface area contributed by atoms with Gasteiger partial charge in [-0.15, -0.1) is 0 Å². The predicted molar refractivity (Wildman–Crippen MR) is 88.9 cm³/mol. The zero-order chi connectivity index (χ0) is 17.0. The largest absolute Gasteiger partial charge is 0.342 e. The van der Waals surface area contributed by atoms with Crippen LogP contribution in [0.15, 0.2) is 27.6 Å². The number of carbonyl (C=O) groups excluding carboxylic acids is 1. The van der Waals surface area contributed by atoms with Crippen LogP contribution in [-0.2, 0) is 14.8 Å². The van der Waals surface area contributed by atoms with E-state index in [-0.39, 0.29) is 28.2 Å². The molecule has 23 heavy (non-hydrogen) atoms. The minimum Gasteiger partial charge on any atom is -0.342 e. The summed E-state index contributed by atoms with van der Waals surface area (Å²) in [4.78, 5) is 13.9. The van der Waals surface area contributed by atoms with E-state index in [2.05, 4.69) is 27.6 Å². The fraction of sp³-hybridized carbons (Fsp3) is 0.533. The van der Waals surface area contributed by atoms with Gasteiger partial charge < -0.3 is 4.90 Å². The van der Waals surface area contributed by atoms with Crippen LogP contribution >= 0.6 is 15.9 Å². The highest BCUT2D eigenvalue weighted by Gasteiger charge is 2.22. The molecule has 1 N–H and O–H groups in total. The number of piperidine rings is 1. The normalized spacial score (nSPS) is 18.9. The number of hydrogen-bond acceptors (Lipinski definition) is 3. The minimum absolute atomic E-state index is 0.0237. The van der Waals surface area contributed by atoms with E-state index >= 15 is 0 Å². The van der Waals surface area contributed by atoms with Crippen molar-refractivity contribution in [1.82, 2.24) is 9.62 Å². The summed E-state index contributed by atoms with van der Waals surface area (Å²) >= 11 is 3.04. The van der Waals surface area contributed by atoms with Gasteiger partial charge in [-0.1, -0.05) is 6.92 Å². The Morgan fingerprint density at radius 3 is 2.87 bits per heavy atom. The first-order valence-electron chi connectivity index (χ1n) is 7.52. The molecule has 1 saturated heterocycles. The van der Waals surface area contributed by atoms with Crippen LogP contribution in [0.25, 0.3) is 0 Å². The Kier molecular flexibility index (Phi) is 6.16. The Bertz CT molecular complexity index is 681. The topological polar surface area (TPSA) is 66.5 Å². The molecule has 1 heterocycles. The van der Waals surface area contributed by atoms with E-state index in [9.17, 15) is 17.6 Å². The molecule has 1 aliphatic heterocycles. The van der Waals surface area contributed by atoms with Gasteiger partial charge in [0.15, 0.2) is 0 Å². The summed E-state index contributed by atoms with van der Waals surface area (Å²) in [6.07, 6.45) is 2.22. The van der Waals surface area contributed by atoms with Crippen molar-refractivity contribution in [3.8, 4) is 0 Å². The van der Waals surface area contributed by atoms with Gasteiger partial charge in [-0.25, -0.2) is 17.5 Å². The summed E-state index contributed by atoms with van der Waals surface area (Å²) in [5.41, 5.74) is 0. The number of benzene rings is 1. The van der Waals surface area contributed by atoms with Crippen molar-refractivity contribution in [3.05, 3.63) is 28.5 Å². The fourth-order valence-electron chi connectivity index (χ4n) is 2.64. The zero-order valence-electron chi connectivity index (χ0n) is 12.9. The van der Waals surface area contributed by atoms with Crippen molar-refractivity contribution in [2.24, 2.45) is 5.92 Å². The van der Waals surface area contributed by atoms with Gasteiger partial charge in [-0.3, -0.25) is 4.79 Å². The Morgan fingerprint density at radius 2 is 2.22 bits per heavy atom. The second kappa shape index (κ2) is 7.72. The highest BCUT2D eigenvalue weighted by molar-refractivity contribution is 9.10. The molecule has 0 aromatic heterocycles.